The normalized spacial score (nSPS) is 27.0. The maximum atomic E-state index is 3.91. The number of fused-ring (bicyclic) bond motifs is 1. The molecule has 1 N–H and O–H groups in total. The topological polar surface area (TPSA) is 12.0 Å². The van der Waals surface area contributed by atoms with Crippen LogP contribution in [0.15, 0.2) is 11.4 Å². The van der Waals surface area contributed by atoms with Gasteiger partial charge in [-0.15, -0.1) is 11.3 Å². The predicted molar refractivity (Wildman–Crippen MR) is 74.6 cm³/mol. The Morgan fingerprint density at radius 1 is 1.24 bits per heavy atom. The monoisotopic (exact) mass is 249 g/mol. The van der Waals surface area contributed by atoms with Crippen LogP contribution in [0.5, 0.6) is 0 Å². The first-order valence-corrected chi connectivity index (χ1v) is 8.05. The zero-order chi connectivity index (χ0) is 11.7. The van der Waals surface area contributed by atoms with E-state index in [1.807, 2.05) is 11.3 Å². The second kappa shape index (κ2) is 5.11. The lowest BCUT2D eigenvalue weighted by Crippen LogP contribution is -2.36. The molecule has 17 heavy (non-hydrogen) atoms. The Labute approximate surface area is 109 Å². The molecule has 3 rings (SSSR count). The first kappa shape index (κ1) is 11.7. The van der Waals surface area contributed by atoms with Crippen molar-refractivity contribution in [1.29, 1.82) is 0 Å². The van der Waals surface area contributed by atoms with Gasteiger partial charge in [0, 0.05) is 17.0 Å². The van der Waals surface area contributed by atoms with Crippen LogP contribution in [0.3, 0.4) is 0 Å². The van der Waals surface area contributed by atoms with Crippen LogP contribution in [0.1, 0.15) is 61.9 Å². The number of hydrogen-bond acceptors (Lipinski definition) is 2. The molecule has 2 atom stereocenters. The summed E-state index contributed by atoms with van der Waals surface area (Å²) in [5, 5.41) is 6.18. The highest BCUT2D eigenvalue weighted by molar-refractivity contribution is 7.10. The van der Waals surface area contributed by atoms with Crippen molar-refractivity contribution in [3.05, 3.63) is 21.9 Å². The summed E-state index contributed by atoms with van der Waals surface area (Å²) in [5.41, 5.74) is 1.60. The maximum absolute atomic E-state index is 3.91. The predicted octanol–water partition coefficient (Wildman–Crippen LogP) is 4.29. The highest BCUT2D eigenvalue weighted by atomic mass is 32.1. The van der Waals surface area contributed by atoms with E-state index in [1.54, 1.807) is 10.4 Å². The van der Waals surface area contributed by atoms with Crippen molar-refractivity contribution in [3.8, 4) is 0 Å². The van der Waals surface area contributed by atoms with Gasteiger partial charge in [-0.1, -0.05) is 12.8 Å². The first-order chi connectivity index (χ1) is 8.34. The first-order valence-electron chi connectivity index (χ1n) is 7.17. The molecule has 0 radical (unpaired) electrons. The molecular formula is C15H23NS. The van der Waals surface area contributed by atoms with E-state index in [2.05, 4.69) is 23.7 Å². The second-order valence-corrected chi connectivity index (χ2v) is 6.74. The number of rotatable bonds is 3. The van der Waals surface area contributed by atoms with Gasteiger partial charge in [0.2, 0.25) is 0 Å². The van der Waals surface area contributed by atoms with Gasteiger partial charge in [-0.05, 0) is 62.0 Å². The van der Waals surface area contributed by atoms with E-state index in [1.165, 1.54) is 44.9 Å². The van der Waals surface area contributed by atoms with E-state index in [9.17, 15) is 0 Å². The minimum Gasteiger partial charge on any atom is -0.307 e. The standard InChI is InChI=1S/C15H23NS/c1-11(12-5-2-3-6-12)16-14-7-4-8-15-13(14)9-10-17-15/h9-12,14,16H,2-8H2,1H3/t11-,14?/m1/s1. The molecule has 0 aliphatic heterocycles. The number of aryl methyl sites for hydroxylation is 1. The summed E-state index contributed by atoms with van der Waals surface area (Å²) >= 11 is 1.95. The van der Waals surface area contributed by atoms with Gasteiger partial charge in [-0.3, -0.25) is 0 Å². The van der Waals surface area contributed by atoms with Crippen LogP contribution in [0, 0.1) is 5.92 Å². The van der Waals surface area contributed by atoms with Crippen molar-refractivity contribution in [2.75, 3.05) is 0 Å². The van der Waals surface area contributed by atoms with E-state index in [0.29, 0.717) is 12.1 Å². The fraction of sp³-hybridized carbons (Fsp3) is 0.733. The van der Waals surface area contributed by atoms with Crippen molar-refractivity contribution >= 4 is 11.3 Å². The molecule has 0 aromatic carbocycles. The van der Waals surface area contributed by atoms with Crippen LogP contribution < -0.4 is 5.32 Å². The quantitative estimate of drug-likeness (QED) is 0.842. The summed E-state index contributed by atoms with van der Waals surface area (Å²) in [4.78, 5) is 1.63. The minimum absolute atomic E-state index is 0.639. The van der Waals surface area contributed by atoms with Gasteiger partial charge >= 0.3 is 0 Å². The molecule has 1 fully saturated rings. The SMILES string of the molecule is C[C@@H](NC1CCCc2sccc21)C1CCCC1. The Morgan fingerprint density at radius 2 is 2.06 bits per heavy atom. The van der Waals surface area contributed by atoms with E-state index in [4.69, 9.17) is 0 Å². The average molecular weight is 249 g/mol. The van der Waals surface area contributed by atoms with E-state index < -0.39 is 0 Å². The Balaban J connectivity index is 1.66. The molecule has 1 saturated carbocycles. The number of hydrogen-bond donors (Lipinski definition) is 1. The van der Waals surface area contributed by atoms with Crippen molar-refractivity contribution in [2.24, 2.45) is 5.92 Å². The molecule has 1 heterocycles. The molecule has 1 unspecified atom stereocenters. The van der Waals surface area contributed by atoms with Crippen LogP contribution >= 0.6 is 11.3 Å². The third-order valence-corrected chi connectivity index (χ3v) is 5.62. The Hall–Kier alpha value is -0.340. The number of thiophene rings is 1. The molecule has 1 aromatic rings. The fourth-order valence-corrected chi connectivity index (χ4v) is 4.56. The molecule has 0 saturated heterocycles. The molecule has 2 heteroatoms. The summed E-state index contributed by atoms with van der Waals surface area (Å²) in [5.74, 6) is 0.930. The average Bonchev–Trinajstić information content (AvgIpc) is 3.00. The molecule has 0 amide bonds. The maximum Gasteiger partial charge on any atom is 0.0333 e. The molecule has 0 spiro atoms. The van der Waals surface area contributed by atoms with Crippen LogP contribution in [0.25, 0.3) is 0 Å². The summed E-state index contributed by atoms with van der Waals surface area (Å²) < 4.78 is 0. The van der Waals surface area contributed by atoms with Gasteiger partial charge in [0.15, 0.2) is 0 Å². The molecule has 0 bridgehead atoms. The lowest BCUT2D eigenvalue weighted by molar-refractivity contribution is 0.325. The highest BCUT2D eigenvalue weighted by Gasteiger charge is 2.26. The smallest absolute Gasteiger partial charge is 0.0333 e. The van der Waals surface area contributed by atoms with E-state index in [-0.39, 0.29) is 0 Å². The zero-order valence-corrected chi connectivity index (χ0v) is 11.6. The molecular weight excluding hydrogens is 226 g/mol. The molecule has 1 aromatic heterocycles. The summed E-state index contributed by atoms with van der Waals surface area (Å²) in [6, 6.07) is 3.69. The largest absolute Gasteiger partial charge is 0.307 e. The van der Waals surface area contributed by atoms with Crippen LogP contribution in [-0.4, -0.2) is 6.04 Å². The second-order valence-electron chi connectivity index (χ2n) is 5.74. The van der Waals surface area contributed by atoms with Gasteiger partial charge in [-0.25, -0.2) is 0 Å². The third-order valence-electron chi connectivity index (χ3n) is 4.62. The van der Waals surface area contributed by atoms with Crippen molar-refractivity contribution in [3.63, 3.8) is 0 Å². The molecule has 1 nitrogen and oxygen atoms in total. The zero-order valence-electron chi connectivity index (χ0n) is 10.7. The van der Waals surface area contributed by atoms with E-state index >= 15 is 0 Å². The molecule has 2 aliphatic rings. The van der Waals surface area contributed by atoms with Crippen molar-refractivity contribution in [2.45, 2.75) is 64.0 Å². The van der Waals surface area contributed by atoms with Gasteiger partial charge in [0.05, 0.1) is 0 Å². The van der Waals surface area contributed by atoms with Gasteiger partial charge < -0.3 is 5.32 Å². The minimum atomic E-state index is 0.639. The van der Waals surface area contributed by atoms with Crippen LogP contribution in [0.4, 0.5) is 0 Å². The molecule has 94 valence electrons. The summed E-state index contributed by atoms with van der Waals surface area (Å²) in [7, 11) is 0. The Morgan fingerprint density at radius 3 is 2.88 bits per heavy atom. The number of nitrogens with one attached hydrogen (secondary N) is 1. The summed E-state index contributed by atoms with van der Waals surface area (Å²) in [6.45, 7) is 2.40. The van der Waals surface area contributed by atoms with Crippen molar-refractivity contribution in [1.82, 2.24) is 5.32 Å². The van der Waals surface area contributed by atoms with Gasteiger partial charge in [0.25, 0.3) is 0 Å². The lowest BCUT2D eigenvalue weighted by Gasteiger charge is -2.30. The van der Waals surface area contributed by atoms with E-state index in [0.717, 1.165) is 5.92 Å². The summed E-state index contributed by atoms with van der Waals surface area (Å²) in [6.07, 6.45) is 9.79. The van der Waals surface area contributed by atoms with Gasteiger partial charge in [-0.2, -0.15) is 0 Å². The van der Waals surface area contributed by atoms with Gasteiger partial charge in [0.1, 0.15) is 0 Å². The highest BCUT2D eigenvalue weighted by Crippen LogP contribution is 2.35. The third kappa shape index (κ3) is 2.43. The van der Waals surface area contributed by atoms with Crippen LogP contribution in [0.2, 0.25) is 0 Å². The van der Waals surface area contributed by atoms with Crippen molar-refractivity contribution < 1.29 is 0 Å². The fourth-order valence-electron chi connectivity index (χ4n) is 3.57. The Kier molecular flexibility index (Phi) is 3.53. The molecule has 2 aliphatic carbocycles. The lowest BCUT2D eigenvalue weighted by atomic mass is 9.91. The van der Waals surface area contributed by atoms with Crippen LogP contribution in [-0.2, 0) is 6.42 Å². The Bertz CT molecular complexity index is 365.